The maximum Gasteiger partial charge on any atom is 0.328 e. The minimum atomic E-state index is 0.203. The average Bonchev–Trinajstić information content (AvgIpc) is 2.76. The normalized spacial score (nSPS) is 16.1. The molecule has 0 amide bonds. The van der Waals surface area contributed by atoms with E-state index in [1.54, 1.807) is 0 Å². The van der Waals surface area contributed by atoms with E-state index in [1.807, 2.05) is 38.1 Å². The van der Waals surface area contributed by atoms with Crippen molar-refractivity contribution in [3.05, 3.63) is 46.6 Å². The molecule has 160 valence electrons. The van der Waals surface area contributed by atoms with Crippen molar-refractivity contribution in [1.29, 1.82) is 0 Å². The molecule has 1 aliphatic heterocycles. The zero-order valence-electron chi connectivity index (χ0n) is 17.7. The number of hydrogen-bond donors (Lipinski definition) is 1. The van der Waals surface area contributed by atoms with Crippen molar-refractivity contribution in [3.8, 4) is 6.01 Å². The van der Waals surface area contributed by atoms with Crippen molar-refractivity contribution in [2.45, 2.75) is 26.7 Å². The third-order valence-corrected chi connectivity index (χ3v) is 5.27. The lowest BCUT2D eigenvalue weighted by molar-refractivity contribution is 0.310. The standard InChI is InChI=1S/C21H28ClN7O/c1-4-15(16-8-6-7-9-17(16)22)19(24-14-23)30-21-26-18(5-2)25-20(27-21)29-12-10-28(3)11-13-29/h6-9,14H,4-5,10-13H2,1-3H3,(H2,23,24)/b19-15-. The van der Waals surface area contributed by atoms with Crippen LogP contribution in [0.5, 0.6) is 6.01 Å². The summed E-state index contributed by atoms with van der Waals surface area (Å²) in [5, 5.41) is 0.616. The third kappa shape index (κ3) is 5.25. The Kier molecular flexibility index (Phi) is 7.59. The molecule has 3 rings (SSSR count). The SMILES string of the molecule is CC/C(=C(\N=C/N)Oc1nc(CC)nc(N2CCN(C)CC2)n1)c1ccccc1Cl. The molecule has 30 heavy (non-hydrogen) atoms. The van der Waals surface area contributed by atoms with Crippen LogP contribution in [0.1, 0.15) is 31.7 Å². The van der Waals surface area contributed by atoms with Gasteiger partial charge in [0.1, 0.15) is 5.82 Å². The Hall–Kier alpha value is -2.71. The molecule has 0 aliphatic carbocycles. The summed E-state index contributed by atoms with van der Waals surface area (Å²) >= 11 is 6.41. The van der Waals surface area contributed by atoms with Gasteiger partial charge in [0.25, 0.3) is 0 Å². The summed E-state index contributed by atoms with van der Waals surface area (Å²) in [6.07, 6.45) is 2.52. The van der Waals surface area contributed by atoms with Crippen LogP contribution in [0, 0.1) is 0 Å². The average molecular weight is 430 g/mol. The van der Waals surface area contributed by atoms with Gasteiger partial charge >= 0.3 is 6.01 Å². The number of likely N-dealkylation sites (N-methyl/N-ethyl adjacent to an activating group) is 1. The predicted octanol–water partition coefficient (Wildman–Crippen LogP) is 2.98. The van der Waals surface area contributed by atoms with Gasteiger partial charge in [-0.1, -0.05) is 43.6 Å². The second-order valence-corrected chi connectivity index (χ2v) is 7.38. The summed E-state index contributed by atoms with van der Waals surface area (Å²) in [5.41, 5.74) is 7.26. The number of hydrogen-bond acceptors (Lipinski definition) is 7. The Morgan fingerprint density at radius 2 is 1.90 bits per heavy atom. The summed E-state index contributed by atoms with van der Waals surface area (Å²) in [5.74, 6) is 1.61. The number of ether oxygens (including phenoxy) is 1. The highest BCUT2D eigenvalue weighted by molar-refractivity contribution is 6.32. The molecule has 0 radical (unpaired) electrons. The lowest BCUT2D eigenvalue weighted by Gasteiger charge is -2.32. The van der Waals surface area contributed by atoms with Crippen LogP contribution < -0.4 is 15.4 Å². The van der Waals surface area contributed by atoms with E-state index in [0.29, 0.717) is 35.5 Å². The predicted molar refractivity (Wildman–Crippen MR) is 121 cm³/mol. The van der Waals surface area contributed by atoms with Crippen LogP contribution in [0.15, 0.2) is 35.1 Å². The molecule has 0 spiro atoms. The van der Waals surface area contributed by atoms with E-state index >= 15 is 0 Å². The molecule has 1 aromatic carbocycles. The highest BCUT2D eigenvalue weighted by Gasteiger charge is 2.20. The van der Waals surface area contributed by atoms with Gasteiger partial charge in [0, 0.05) is 48.8 Å². The minimum absolute atomic E-state index is 0.203. The zero-order chi connectivity index (χ0) is 21.5. The summed E-state index contributed by atoms with van der Waals surface area (Å²) in [6.45, 7) is 7.63. The number of nitrogens with two attached hydrogens (primary N) is 1. The highest BCUT2D eigenvalue weighted by atomic mass is 35.5. The first kappa shape index (κ1) is 22.0. The minimum Gasteiger partial charge on any atom is -0.405 e. The van der Waals surface area contributed by atoms with E-state index < -0.39 is 0 Å². The van der Waals surface area contributed by atoms with Crippen molar-refractivity contribution >= 4 is 29.5 Å². The molecule has 8 nitrogen and oxygen atoms in total. The van der Waals surface area contributed by atoms with E-state index in [4.69, 9.17) is 22.1 Å². The molecule has 0 bridgehead atoms. The van der Waals surface area contributed by atoms with Crippen molar-refractivity contribution < 1.29 is 4.74 Å². The van der Waals surface area contributed by atoms with Gasteiger partial charge in [-0.2, -0.15) is 15.0 Å². The molecule has 0 atom stereocenters. The number of allylic oxidation sites excluding steroid dienone is 1. The first-order chi connectivity index (χ1) is 14.5. The van der Waals surface area contributed by atoms with Gasteiger partial charge in [-0.05, 0) is 19.5 Å². The van der Waals surface area contributed by atoms with E-state index in [9.17, 15) is 0 Å². The van der Waals surface area contributed by atoms with Crippen LogP contribution in [0.4, 0.5) is 5.95 Å². The maximum atomic E-state index is 6.41. The molecule has 1 aromatic heterocycles. The first-order valence-corrected chi connectivity index (χ1v) is 10.5. The number of aryl methyl sites for hydroxylation is 1. The summed E-state index contributed by atoms with van der Waals surface area (Å²) in [6, 6.07) is 7.77. The molecule has 0 unspecified atom stereocenters. The van der Waals surface area contributed by atoms with Crippen LogP contribution in [-0.4, -0.2) is 59.4 Å². The van der Waals surface area contributed by atoms with Crippen LogP contribution in [-0.2, 0) is 6.42 Å². The number of anilines is 1. The van der Waals surface area contributed by atoms with E-state index in [1.165, 1.54) is 6.34 Å². The second-order valence-electron chi connectivity index (χ2n) is 6.98. The van der Waals surface area contributed by atoms with Crippen LogP contribution in [0.3, 0.4) is 0 Å². The number of nitrogens with zero attached hydrogens (tertiary/aromatic N) is 6. The number of aromatic nitrogens is 3. The Morgan fingerprint density at radius 1 is 1.17 bits per heavy atom. The largest absolute Gasteiger partial charge is 0.405 e. The van der Waals surface area contributed by atoms with Gasteiger partial charge in [-0.3, -0.25) is 0 Å². The number of piperazine rings is 1. The molecule has 0 saturated carbocycles. The third-order valence-electron chi connectivity index (χ3n) is 4.94. The smallest absolute Gasteiger partial charge is 0.328 e. The Bertz CT molecular complexity index is 923. The van der Waals surface area contributed by atoms with Gasteiger partial charge in [0.2, 0.25) is 11.8 Å². The maximum absolute atomic E-state index is 6.41. The van der Waals surface area contributed by atoms with Crippen LogP contribution in [0.25, 0.3) is 5.57 Å². The van der Waals surface area contributed by atoms with Gasteiger partial charge < -0.3 is 20.3 Å². The quantitative estimate of drug-likeness (QED) is 0.410. The van der Waals surface area contributed by atoms with E-state index in [-0.39, 0.29) is 6.01 Å². The molecule has 1 fully saturated rings. The van der Waals surface area contributed by atoms with Crippen molar-refractivity contribution in [2.24, 2.45) is 10.7 Å². The van der Waals surface area contributed by atoms with Crippen LogP contribution in [0.2, 0.25) is 5.02 Å². The molecule has 1 saturated heterocycles. The van der Waals surface area contributed by atoms with E-state index in [0.717, 1.165) is 37.3 Å². The second kappa shape index (κ2) is 10.4. The van der Waals surface area contributed by atoms with Gasteiger partial charge in [-0.15, -0.1) is 0 Å². The topological polar surface area (TPSA) is 92.8 Å². The monoisotopic (exact) mass is 429 g/mol. The number of aliphatic imine (C=N–C) groups is 1. The van der Waals surface area contributed by atoms with Crippen molar-refractivity contribution in [2.75, 3.05) is 38.1 Å². The number of benzene rings is 1. The summed E-state index contributed by atoms with van der Waals surface area (Å²) in [4.78, 5) is 22.3. The first-order valence-electron chi connectivity index (χ1n) is 10.1. The Labute approximate surface area is 182 Å². The highest BCUT2D eigenvalue weighted by Crippen LogP contribution is 2.30. The molecule has 2 aromatic rings. The van der Waals surface area contributed by atoms with Gasteiger partial charge in [-0.25, -0.2) is 4.99 Å². The molecule has 2 heterocycles. The lowest BCUT2D eigenvalue weighted by atomic mass is 10.0. The lowest BCUT2D eigenvalue weighted by Crippen LogP contribution is -2.45. The summed E-state index contributed by atoms with van der Waals surface area (Å²) < 4.78 is 6.06. The number of halogens is 1. The fraction of sp³-hybridized carbons (Fsp3) is 0.429. The molecule has 9 heteroatoms. The van der Waals surface area contributed by atoms with Crippen molar-refractivity contribution in [1.82, 2.24) is 19.9 Å². The Morgan fingerprint density at radius 3 is 2.53 bits per heavy atom. The fourth-order valence-corrected chi connectivity index (χ4v) is 3.47. The zero-order valence-corrected chi connectivity index (χ0v) is 18.4. The molecule has 2 N–H and O–H groups in total. The van der Waals surface area contributed by atoms with Crippen LogP contribution >= 0.6 is 11.6 Å². The fourth-order valence-electron chi connectivity index (χ4n) is 3.22. The Balaban J connectivity index is 1.99. The summed E-state index contributed by atoms with van der Waals surface area (Å²) in [7, 11) is 2.11. The van der Waals surface area contributed by atoms with Gasteiger partial charge in [0.15, 0.2) is 0 Å². The number of rotatable bonds is 7. The van der Waals surface area contributed by atoms with Crippen molar-refractivity contribution in [3.63, 3.8) is 0 Å². The van der Waals surface area contributed by atoms with Gasteiger partial charge in [0.05, 0.1) is 6.34 Å². The molecular weight excluding hydrogens is 402 g/mol. The van der Waals surface area contributed by atoms with E-state index in [2.05, 4.69) is 36.8 Å². The molecule has 1 aliphatic rings. The molecular formula is C21H28ClN7O.